The minimum Gasteiger partial charge on any atom is -0.456 e. The third kappa shape index (κ3) is 4.53. The van der Waals surface area contributed by atoms with E-state index in [0.717, 1.165) is 55.6 Å². The lowest BCUT2D eigenvalue weighted by Crippen LogP contribution is -1.97. The number of rotatable bonds is 6. The van der Waals surface area contributed by atoms with E-state index in [2.05, 4.69) is 180 Å². The lowest BCUT2D eigenvalue weighted by Gasteiger charge is -2.12. The van der Waals surface area contributed by atoms with Gasteiger partial charge in [-0.1, -0.05) is 122 Å². The van der Waals surface area contributed by atoms with E-state index in [9.17, 15) is 0 Å². The van der Waals surface area contributed by atoms with E-state index in [0.29, 0.717) is 0 Å². The highest BCUT2D eigenvalue weighted by Gasteiger charge is 2.22. The summed E-state index contributed by atoms with van der Waals surface area (Å²) in [5.41, 5.74) is 14.4. The predicted molar refractivity (Wildman–Crippen MR) is 221 cm³/mol. The van der Waals surface area contributed by atoms with Crippen molar-refractivity contribution in [2.24, 2.45) is 0 Å². The molecular formula is C49H34N2O. The molecule has 10 rings (SSSR count). The fourth-order valence-corrected chi connectivity index (χ4v) is 8.14. The van der Waals surface area contributed by atoms with Crippen molar-refractivity contribution in [2.45, 2.75) is 6.92 Å². The normalized spacial score (nSPS) is 11.9. The minimum absolute atomic E-state index is 0.874. The summed E-state index contributed by atoms with van der Waals surface area (Å²) in [6, 6.07) is 56.4. The Morgan fingerprint density at radius 3 is 1.90 bits per heavy atom. The summed E-state index contributed by atoms with van der Waals surface area (Å²) in [6.07, 6.45) is 6.31. The van der Waals surface area contributed by atoms with Crippen LogP contribution in [0.25, 0.3) is 100 Å². The van der Waals surface area contributed by atoms with Gasteiger partial charge in [-0.2, -0.15) is 0 Å². The van der Waals surface area contributed by atoms with Crippen LogP contribution < -0.4 is 0 Å². The molecule has 10 aromatic rings. The average Bonchev–Trinajstić information content (AvgIpc) is 3.85. The molecule has 0 aliphatic heterocycles. The van der Waals surface area contributed by atoms with Gasteiger partial charge in [0.1, 0.15) is 11.2 Å². The van der Waals surface area contributed by atoms with Crippen LogP contribution in [-0.4, -0.2) is 9.13 Å². The zero-order valence-electron chi connectivity index (χ0n) is 28.8. The fourth-order valence-electron chi connectivity index (χ4n) is 8.14. The van der Waals surface area contributed by atoms with Crippen LogP contribution in [0.5, 0.6) is 0 Å². The molecule has 0 aliphatic rings. The van der Waals surface area contributed by atoms with Crippen molar-refractivity contribution in [1.82, 2.24) is 9.13 Å². The Bertz CT molecular complexity index is 3020. The van der Waals surface area contributed by atoms with Gasteiger partial charge < -0.3 is 13.6 Å². The first kappa shape index (κ1) is 30.0. The van der Waals surface area contributed by atoms with Crippen molar-refractivity contribution >= 4 is 66.8 Å². The number of allylic oxidation sites excluding steroid dienone is 1. The van der Waals surface area contributed by atoms with E-state index >= 15 is 0 Å². The van der Waals surface area contributed by atoms with E-state index in [1.54, 1.807) is 0 Å². The Labute approximate surface area is 301 Å². The van der Waals surface area contributed by atoms with E-state index in [-0.39, 0.29) is 0 Å². The topological polar surface area (TPSA) is 23.0 Å². The van der Waals surface area contributed by atoms with Crippen molar-refractivity contribution in [3.05, 3.63) is 182 Å². The first-order valence-corrected chi connectivity index (χ1v) is 17.8. The van der Waals surface area contributed by atoms with E-state index in [1.165, 1.54) is 43.9 Å². The number of furan rings is 1. The van der Waals surface area contributed by atoms with E-state index in [4.69, 9.17) is 4.42 Å². The molecule has 0 saturated heterocycles. The molecule has 7 aromatic carbocycles. The van der Waals surface area contributed by atoms with Crippen LogP contribution in [0.1, 0.15) is 18.2 Å². The molecule has 3 aromatic heterocycles. The summed E-state index contributed by atoms with van der Waals surface area (Å²) in [7, 11) is 0. The Kier molecular flexibility index (Phi) is 6.87. The highest BCUT2D eigenvalue weighted by atomic mass is 16.3. The van der Waals surface area contributed by atoms with Crippen LogP contribution in [0.2, 0.25) is 0 Å². The number of fused-ring (bicyclic) bond motifs is 8. The minimum atomic E-state index is 0.874. The Morgan fingerprint density at radius 1 is 0.481 bits per heavy atom. The van der Waals surface area contributed by atoms with Gasteiger partial charge in [-0.3, -0.25) is 0 Å². The third-order valence-corrected chi connectivity index (χ3v) is 10.4. The fraction of sp³-hybridized carbons (Fsp3) is 0.0204. The molecule has 0 amide bonds. The van der Waals surface area contributed by atoms with Gasteiger partial charge in [0.25, 0.3) is 0 Å². The molecule has 3 heterocycles. The van der Waals surface area contributed by atoms with Gasteiger partial charge in [0.2, 0.25) is 0 Å². The van der Waals surface area contributed by atoms with Crippen LogP contribution in [0, 0.1) is 0 Å². The monoisotopic (exact) mass is 666 g/mol. The molecule has 0 saturated carbocycles. The second kappa shape index (κ2) is 11.9. The van der Waals surface area contributed by atoms with Gasteiger partial charge in [-0.15, -0.1) is 0 Å². The van der Waals surface area contributed by atoms with Gasteiger partial charge in [0.05, 0.1) is 22.2 Å². The highest BCUT2D eigenvalue weighted by Crippen LogP contribution is 2.43. The molecule has 0 N–H and O–H groups in total. The van der Waals surface area contributed by atoms with Crippen LogP contribution in [0.15, 0.2) is 175 Å². The van der Waals surface area contributed by atoms with Crippen LogP contribution in [0.3, 0.4) is 0 Å². The maximum absolute atomic E-state index is 6.35. The number of hydrogen-bond acceptors (Lipinski definition) is 1. The van der Waals surface area contributed by atoms with Crippen molar-refractivity contribution in [3.8, 4) is 33.6 Å². The molecule has 246 valence electrons. The van der Waals surface area contributed by atoms with Crippen LogP contribution in [0.4, 0.5) is 0 Å². The standard InChI is InChI=1S/C49H34N2O/c1-3-13-42-38(4-2)48-44(51(42)37-26-27-40-39-18-9-11-21-46(39)52-47(40)31-37)28-29-45-49(48)41-19-8-10-20-43(41)50(45)36-17-12-16-35(30-36)34-24-22-33(23-25-34)32-14-6-5-7-15-32/h3-31H,2H2,1H3/b13-3-. The lowest BCUT2D eigenvalue weighted by molar-refractivity contribution is 0.668. The van der Waals surface area contributed by atoms with Crippen molar-refractivity contribution in [1.29, 1.82) is 0 Å². The molecule has 0 unspecified atom stereocenters. The van der Waals surface area contributed by atoms with Crippen molar-refractivity contribution in [2.75, 3.05) is 0 Å². The molecular weight excluding hydrogens is 633 g/mol. The summed E-state index contributed by atoms with van der Waals surface area (Å²) in [5, 5.41) is 5.86. The molecule has 0 aliphatic carbocycles. The molecule has 0 bridgehead atoms. The second-order valence-electron chi connectivity index (χ2n) is 13.3. The molecule has 0 radical (unpaired) electrons. The van der Waals surface area contributed by atoms with Crippen molar-refractivity contribution < 1.29 is 4.42 Å². The number of nitrogens with zero attached hydrogens (tertiary/aromatic N) is 2. The van der Waals surface area contributed by atoms with Gasteiger partial charge in [-0.05, 0) is 83.8 Å². The third-order valence-electron chi connectivity index (χ3n) is 10.4. The maximum atomic E-state index is 6.35. The number of hydrogen-bond donors (Lipinski definition) is 0. The number of para-hydroxylation sites is 2. The molecule has 0 atom stereocenters. The van der Waals surface area contributed by atoms with E-state index < -0.39 is 0 Å². The maximum Gasteiger partial charge on any atom is 0.137 e. The molecule has 3 nitrogen and oxygen atoms in total. The van der Waals surface area contributed by atoms with Gasteiger partial charge in [0, 0.05) is 49.9 Å². The van der Waals surface area contributed by atoms with Crippen molar-refractivity contribution in [3.63, 3.8) is 0 Å². The smallest absolute Gasteiger partial charge is 0.137 e. The Hall–Kier alpha value is -6.84. The Morgan fingerprint density at radius 2 is 1.12 bits per heavy atom. The summed E-state index contributed by atoms with van der Waals surface area (Å²) in [6.45, 7) is 6.43. The first-order valence-electron chi connectivity index (χ1n) is 17.8. The number of aromatic nitrogens is 2. The largest absolute Gasteiger partial charge is 0.456 e. The average molecular weight is 667 g/mol. The summed E-state index contributed by atoms with van der Waals surface area (Å²) >= 11 is 0. The number of benzene rings is 7. The van der Waals surface area contributed by atoms with Gasteiger partial charge in [-0.25, -0.2) is 0 Å². The molecule has 3 heteroatoms. The van der Waals surface area contributed by atoms with Crippen LogP contribution in [-0.2, 0) is 0 Å². The quantitative estimate of drug-likeness (QED) is 0.173. The van der Waals surface area contributed by atoms with Gasteiger partial charge >= 0.3 is 0 Å². The molecule has 52 heavy (non-hydrogen) atoms. The second-order valence-corrected chi connectivity index (χ2v) is 13.3. The SMILES string of the molecule is C=Cc1c(/C=C\C)n(-c2ccc3c(c2)oc2ccccc23)c2ccc3c(c4ccccc4n3-c3cccc(-c4ccc(-c5ccccc5)cc4)c3)c12. The zero-order chi connectivity index (χ0) is 34.8. The molecule has 0 spiro atoms. The Balaban J connectivity index is 1.19. The zero-order valence-corrected chi connectivity index (χ0v) is 28.8. The first-order chi connectivity index (χ1) is 25.7. The summed E-state index contributed by atoms with van der Waals surface area (Å²) < 4.78 is 11.1. The lowest BCUT2D eigenvalue weighted by atomic mass is 10.00. The highest BCUT2D eigenvalue weighted by molar-refractivity contribution is 6.24. The van der Waals surface area contributed by atoms with Crippen LogP contribution >= 0.6 is 0 Å². The van der Waals surface area contributed by atoms with E-state index in [1.807, 2.05) is 18.2 Å². The summed E-state index contributed by atoms with van der Waals surface area (Å²) in [5.74, 6) is 0. The summed E-state index contributed by atoms with van der Waals surface area (Å²) in [4.78, 5) is 0. The predicted octanol–water partition coefficient (Wildman–Crippen LogP) is 13.6. The van der Waals surface area contributed by atoms with Gasteiger partial charge in [0.15, 0.2) is 0 Å². The molecule has 0 fully saturated rings.